The summed E-state index contributed by atoms with van der Waals surface area (Å²) in [5.41, 5.74) is -0.130. The normalized spacial score (nSPS) is 10.2. The van der Waals surface area contributed by atoms with Crippen molar-refractivity contribution >= 4 is 5.91 Å². The van der Waals surface area contributed by atoms with E-state index in [1.807, 2.05) is 0 Å². The van der Waals surface area contributed by atoms with Gasteiger partial charge in [0.25, 0.3) is 5.91 Å². The fourth-order valence-electron chi connectivity index (χ4n) is 1.50. The first-order valence-corrected chi connectivity index (χ1v) is 5.32. The third-order valence-corrected chi connectivity index (χ3v) is 2.36. The summed E-state index contributed by atoms with van der Waals surface area (Å²) in [6.45, 7) is 0.321. The molecule has 4 N–H and O–H groups in total. The zero-order chi connectivity index (χ0) is 13.0. The molecule has 0 spiro atoms. The highest BCUT2D eigenvalue weighted by molar-refractivity contribution is 5.99. The van der Waals surface area contributed by atoms with Gasteiger partial charge in [-0.3, -0.25) is 9.89 Å². The van der Waals surface area contributed by atoms with Crippen LogP contribution in [0.15, 0.2) is 24.5 Å². The van der Waals surface area contributed by atoms with Gasteiger partial charge >= 0.3 is 0 Å². The van der Waals surface area contributed by atoms with Crippen LogP contribution in [0.5, 0.6) is 11.5 Å². The van der Waals surface area contributed by atoms with Crippen LogP contribution in [0.3, 0.4) is 0 Å². The van der Waals surface area contributed by atoms with Crippen LogP contribution in [0.4, 0.5) is 0 Å². The Hall–Kier alpha value is -2.57. The molecule has 7 nitrogen and oxygen atoms in total. The summed E-state index contributed by atoms with van der Waals surface area (Å²) in [4.78, 5) is 15.6. The van der Waals surface area contributed by atoms with Gasteiger partial charge in [-0.15, -0.1) is 0 Å². The van der Waals surface area contributed by atoms with Crippen LogP contribution < -0.4 is 5.32 Å². The highest BCUT2D eigenvalue weighted by atomic mass is 16.3. The van der Waals surface area contributed by atoms with E-state index in [1.165, 1.54) is 24.5 Å². The fourth-order valence-corrected chi connectivity index (χ4v) is 1.50. The Morgan fingerprint density at radius 2 is 2.06 bits per heavy atom. The quantitative estimate of drug-likeness (QED) is 0.617. The van der Waals surface area contributed by atoms with Crippen LogP contribution in [0.1, 0.15) is 16.2 Å². The van der Waals surface area contributed by atoms with E-state index in [-0.39, 0.29) is 17.1 Å². The van der Waals surface area contributed by atoms with Gasteiger partial charge < -0.3 is 15.5 Å². The molecule has 0 aliphatic carbocycles. The van der Waals surface area contributed by atoms with Gasteiger partial charge in [0, 0.05) is 13.0 Å². The molecule has 1 heterocycles. The minimum atomic E-state index is -0.537. The molecule has 7 heteroatoms. The lowest BCUT2D eigenvalue weighted by atomic mass is 10.1. The van der Waals surface area contributed by atoms with E-state index in [1.54, 1.807) is 0 Å². The molecule has 1 aromatic carbocycles. The maximum atomic E-state index is 11.7. The maximum absolute atomic E-state index is 11.7. The second kappa shape index (κ2) is 5.17. The Kier molecular flexibility index (Phi) is 3.42. The number of nitrogens with zero attached hydrogens (tertiary/aromatic N) is 2. The lowest BCUT2D eigenvalue weighted by Crippen LogP contribution is -2.26. The zero-order valence-electron chi connectivity index (χ0n) is 9.42. The third kappa shape index (κ3) is 2.57. The Bertz CT molecular complexity index is 519. The first-order valence-electron chi connectivity index (χ1n) is 5.32. The molecule has 1 aromatic heterocycles. The molecule has 0 aliphatic heterocycles. The summed E-state index contributed by atoms with van der Waals surface area (Å²) in [5.74, 6) is -0.402. The molecule has 0 atom stereocenters. The van der Waals surface area contributed by atoms with Crippen LogP contribution in [-0.4, -0.2) is 37.8 Å². The van der Waals surface area contributed by atoms with E-state index in [0.29, 0.717) is 18.8 Å². The number of hydrogen-bond acceptors (Lipinski definition) is 5. The number of aromatic amines is 1. The minimum absolute atomic E-state index is 0.130. The smallest absolute Gasteiger partial charge is 0.258 e. The Labute approximate surface area is 103 Å². The van der Waals surface area contributed by atoms with Gasteiger partial charge in [-0.05, 0) is 12.1 Å². The summed E-state index contributed by atoms with van der Waals surface area (Å²) in [7, 11) is 0. The molecule has 2 rings (SSSR count). The zero-order valence-corrected chi connectivity index (χ0v) is 9.42. The fraction of sp³-hybridized carbons (Fsp3) is 0.182. The minimum Gasteiger partial charge on any atom is -0.507 e. The average molecular weight is 248 g/mol. The number of phenolic OH excluding ortho intramolecular Hbond substituents is 2. The van der Waals surface area contributed by atoms with Crippen molar-refractivity contribution in [2.75, 3.05) is 6.54 Å². The molecular formula is C11H12N4O3. The first kappa shape index (κ1) is 11.9. The molecule has 18 heavy (non-hydrogen) atoms. The highest BCUT2D eigenvalue weighted by Gasteiger charge is 2.15. The van der Waals surface area contributed by atoms with Crippen molar-refractivity contribution in [3.05, 3.63) is 35.9 Å². The molecule has 0 unspecified atom stereocenters. The lowest BCUT2D eigenvalue weighted by molar-refractivity contribution is 0.0948. The van der Waals surface area contributed by atoms with E-state index in [4.69, 9.17) is 0 Å². The number of H-pyrrole nitrogens is 1. The SMILES string of the molecule is O=C(NCCc1ncn[nH]1)c1c(O)cccc1O. The van der Waals surface area contributed by atoms with Crippen LogP contribution in [0.2, 0.25) is 0 Å². The van der Waals surface area contributed by atoms with Crippen molar-refractivity contribution in [3.63, 3.8) is 0 Å². The maximum Gasteiger partial charge on any atom is 0.258 e. The average Bonchev–Trinajstić information content (AvgIpc) is 2.82. The van der Waals surface area contributed by atoms with Crippen molar-refractivity contribution in [1.29, 1.82) is 0 Å². The molecule has 1 amide bonds. The monoisotopic (exact) mass is 248 g/mol. The van der Waals surface area contributed by atoms with Gasteiger partial charge in [-0.2, -0.15) is 5.10 Å². The van der Waals surface area contributed by atoms with E-state index >= 15 is 0 Å². The number of nitrogens with one attached hydrogen (secondary N) is 2. The number of benzene rings is 1. The molecule has 0 saturated carbocycles. The summed E-state index contributed by atoms with van der Waals surface area (Å²) in [6.07, 6.45) is 1.87. The predicted molar refractivity (Wildman–Crippen MR) is 62.2 cm³/mol. The third-order valence-electron chi connectivity index (χ3n) is 2.36. The van der Waals surface area contributed by atoms with E-state index in [0.717, 1.165) is 0 Å². The van der Waals surface area contributed by atoms with Gasteiger partial charge in [0.2, 0.25) is 0 Å². The van der Waals surface area contributed by atoms with E-state index in [2.05, 4.69) is 20.5 Å². The molecule has 0 saturated heterocycles. The summed E-state index contributed by atoms with van der Waals surface area (Å²) in [6, 6.07) is 4.13. The molecule has 0 radical (unpaired) electrons. The number of carbonyl (C=O) groups excluding carboxylic acids is 1. The first-order chi connectivity index (χ1) is 8.68. The Morgan fingerprint density at radius 1 is 1.33 bits per heavy atom. The second-order valence-corrected chi connectivity index (χ2v) is 3.61. The Balaban J connectivity index is 1.96. The number of aromatic hydroxyl groups is 2. The van der Waals surface area contributed by atoms with Crippen LogP contribution >= 0.6 is 0 Å². The van der Waals surface area contributed by atoms with Crippen LogP contribution in [0.25, 0.3) is 0 Å². The number of rotatable bonds is 4. The van der Waals surface area contributed by atoms with Gasteiger partial charge in [0.05, 0.1) is 0 Å². The summed E-state index contributed by atoms with van der Waals surface area (Å²) in [5, 5.41) is 27.9. The largest absolute Gasteiger partial charge is 0.507 e. The molecule has 0 fully saturated rings. The number of hydrogen-bond donors (Lipinski definition) is 4. The van der Waals surface area contributed by atoms with Gasteiger partial charge in [0.15, 0.2) is 0 Å². The van der Waals surface area contributed by atoms with Crippen molar-refractivity contribution < 1.29 is 15.0 Å². The number of phenols is 2. The topological polar surface area (TPSA) is 111 Å². The Morgan fingerprint density at radius 3 is 2.67 bits per heavy atom. The number of aromatic nitrogens is 3. The van der Waals surface area contributed by atoms with Gasteiger partial charge in [-0.1, -0.05) is 6.07 Å². The van der Waals surface area contributed by atoms with Crippen molar-refractivity contribution in [2.24, 2.45) is 0 Å². The predicted octanol–water partition coefficient (Wildman–Crippen LogP) is 0.188. The lowest BCUT2D eigenvalue weighted by Gasteiger charge is -2.07. The van der Waals surface area contributed by atoms with Crippen LogP contribution in [0, 0.1) is 0 Å². The van der Waals surface area contributed by atoms with Gasteiger partial charge in [-0.25, -0.2) is 4.98 Å². The van der Waals surface area contributed by atoms with Crippen molar-refractivity contribution in [2.45, 2.75) is 6.42 Å². The van der Waals surface area contributed by atoms with Gasteiger partial charge in [0.1, 0.15) is 29.2 Å². The summed E-state index contributed by atoms with van der Waals surface area (Å²) < 4.78 is 0. The van der Waals surface area contributed by atoms with E-state index < -0.39 is 5.91 Å². The van der Waals surface area contributed by atoms with Crippen LogP contribution in [-0.2, 0) is 6.42 Å². The van der Waals surface area contributed by atoms with Crippen molar-refractivity contribution in [1.82, 2.24) is 20.5 Å². The molecule has 0 bridgehead atoms. The molecule has 94 valence electrons. The second-order valence-electron chi connectivity index (χ2n) is 3.61. The molecular weight excluding hydrogens is 236 g/mol. The summed E-state index contributed by atoms with van der Waals surface area (Å²) >= 11 is 0. The molecule has 0 aliphatic rings. The highest BCUT2D eigenvalue weighted by Crippen LogP contribution is 2.25. The number of amides is 1. The number of carbonyl (C=O) groups is 1. The van der Waals surface area contributed by atoms with Crippen molar-refractivity contribution in [3.8, 4) is 11.5 Å². The standard InChI is InChI=1S/C11H12N4O3/c16-7-2-1-3-8(17)10(7)11(18)12-5-4-9-13-6-14-15-9/h1-3,6,16-17H,4-5H2,(H,12,18)(H,13,14,15). The van der Waals surface area contributed by atoms with E-state index in [9.17, 15) is 15.0 Å². The molecule has 2 aromatic rings.